The third kappa shape index (κ3) is 5.28. The smallest absolute Gasteiger partial charge is 0.251 e. The molecule has 2 amide bonds. The minimum atomic E-state index is -0.271. The fraction of sp³-hybridized carbons (Fsp3) is 0.190. The number of hydrogen-bond acceptors (Lipinski definition) is 3. The van der Waals surface area contributed by atoms with Gasteiger partial charge >= 0.3 is 0 Å². The zero-order valence-corrected chi connectivity index (χ0v) is 15.1. The van der Waals surface area contributed by atoms with Gasteiger partial charge in [-0.1, -0.05) is 48.0 Å². The van der Waals surface area contributed by atoms with Crippen molar-refractivity contribution in [2.45, 2.75) is 19.4 Å². The SMILES string of the molecule is Cc1ccc(C(=O)NCC(=O)N[C@@H](Cc2ncc[nH]2)c2ccccc2)cc1. The van der Waals surface area contributed by atoms with Crippen LogP contribution in [0.5, 0.6) is 0 Å². The molecule has 0 saturated heterocycles. The van der Waals surface area contributed by atoms with E-state index in [1.54, 1.807) is 24.5 Å². The van der Waals surface area contributed by atoms with E-state index in [-0.39, 0.29) is 24.4 Å². The molecule has 6 heteroatoms. The monoisotopic (exact) mass is 362 g/mol. The molecule has 138 valence electrons. The van der Waals surface area contributed by atoms with E-state index >= 15 is 0 Å². The maximum atomic E-state index is 12.4. The lowest BCUT2D eigenvalue weighted by Crippen LogP contribution is -2.39. The number of amides is 2. The van der Waals surface area contributed by atoms with Gasteiger partial charge in [0.05, 0.1) is 12.6 Å². The summed E-state index contributed by atoms with van der Waals surface area (Å²) in [4.78, 5) is 31.8. The van der Waals surface area contributed by atoms with Gasteiger partial charge in [-0.2, -0.15) is 0 Å². The zero-order chi connectivity index (χ0) is 19.1. The first kappa shape index (κ1) is 18.4. The van der Waals surface area contributed by atoms with Gasteiger partial charge in [0.25, 0.3) is 5.91 Å². The largest absolute Gasteiger partial charge is 0.349 e. The number of aromatic nitrogens is 2. The molecule has 1 atom stereocenters. The van der Waals surface area contributed by atoms with Crippen LogP contribution in [0.3, 0.4) is 0 Å². The third-order valence-corrected chi connectivity index (χ3v) is 4.21. The number of H-pyrrole nitrogens is 1. The number of hydrogen-bond donors (Lipinski definition) is 3. The number of carbonyl (C=O) groups excluding carboxylic acids is 2. The van der Waals surface area contributed by atoms with Crippen molar-refractivity contribution in [2.24, 2.45) is 0 Å². The normalized spacial score (nSPS) is 11.6. The molecule has 0 radical (unpaired) electrons. The van der Waals surface area contributed by atoms with Crippen LogP contribution in [-0.2, 0) is 11.2 Å². The summed E-state index contributed by atoms with van der Waals surface area (Å²) in [7, 11) is 0. The van der Waals surface area contributed by atoms with Crippen LogP contribution in [0.1, 0.15) is 33.4 Å². The molecular weight excluding hydrogens is 340 g/mol. The van der Waals surface area contributed by atoms with Crippen LogP contribution >= 0.6 is 0 Å². The minimum Gasteiger partial charge on any atom is -0.349 e. The first-order chi connectivity index (χ1) is 13.1. The molecule has 0 unspecified atom stereocenters. The van der Waals surface area contributed by atoms with E-state index in [1.807, 2.05) is 49.4 Å². The molecular formula is C21H22N4O2. The Labute approximate surface area is 158 Å². The van der Waals surface area contributed by atoms with Crippen molar-refractivity contribution < 1.29 is 9.59 Å². The molecule has 0 aliphatic rings. The van der Waals surface area contributed by atoms with Crippen molar-refractivity contribution in [3.05, 3.63) is 89.5 Å². The maximum absolute atomic E-state index is 12.4. The number of aryl methyl sites for hydroxylation is 1. The predicted molar refractivity (Wildman–Crippen MR) is 103 cm³/mol. The summed E-state index contributed by atoms with van der Waals surface area (Å²) in [5, 5.41) is 5.63. The van der Waals surface area contributed by atoms with E-state index in [2.05, 4.69) is 20.6 Å². The van der Waals surface area contributed by atoms with E-state index < -0.39 is 0 Å². The molecule has 3 rings (SSSR count). The van der Waals surface area contributed by atoms with E-state index in [4.69, 9.17) is 0 Å². The van der Waals surface area contributed by atoms with Gasteiger partial charge in [-0.05, 0) is 24.6 Å². The number of nitrogens with one attached hydrogen (secondary N) is 3. The van der Waals surface area contributed by atoms with Gasteiger partial charge in [0, 0.05) is 24.4 Å². The highest BCUT2D eigenvalue weighted by Crippen LogP contribution is 2.16. The van der Waals surface area contributed by atoms with Gasteiger partial charge in [0.2, 0.25) is 5.91 Å². The Bertz CT molecular complexity index is 874. The Morgan fingerprint density at radius 2 is 1.81 bits per heavy atom. The van der Waals surface area contributed by atoms with Crippen LogP contribution in [0.25, 0.3) is 0 Å². The van der Waals surface area contributed by atoms with Crippen molar-refractivity contribution in [1.82, 2.24) is 20.6 Å². The fourth-order valence-electron chi connectivity index (χ4n) is 2.75. The van der Waals surface area contributed by atoms with Crippen LogP contribution in [0, 0.1) is 6.92 Å². The number of nitrogens with zero attached hydrogens (tertiary/aromatic N) is 1. The van der Waals surface area contributed by atoms with Crippen LogP contribution in [0.15, 0.2) is 67.0 Å². The van der Waals surface area contributed by atoms with Crippen molar-refractivity contribution in [1.29, 1.82) is 0 Å². The molecule has 0 saturated carbocycles. The van der Waals surface area contributed by atoms with Crippen LogP contribution in [0.2, 0.25) is 0 Å². The van der Waals surface area contributed by atoms with E-state index in [1.165, 1.54) is 0 Å². The second-order valence-electron chi connectivity index (χ2n) is 6.32. The summed E-state index contributed by atoms with van der Waals surface area (Å²) in [6.07, 6.45) is 3.97. The summed E-state index contributed by atoms with van der Waals surface area (Å²) < 4.78 is 0. The average molecular weight is 362 g/mol. The van der Waals surface area contributed by atoms with E-state index in [0.29, 0.717) is 12.0 Å². The number of carbonyl (C=O) groups is 2. The van der Waals surface area contributed by atoms with Crippen LogP contribution < -0.4 is 10.6 Å². The third-order valence-electron chi connectivity index (χ3n) is 4.21. The molecule has 3 N–H and O–H groups in total. The Hall–Kier alpha value is -3.41. The lowest BCUT2D eigenvalue weighted by atomic mass is 10.0. The predicted octanol–water partition coefficient (Wildman–Crippen LogP) is 2.55. The van der Waals surface area contributed by atoms with Gasteiger partial charge in [-0.25, -0.2) is 4.98 Å². The topological polar surface area (TPSA) is 86.9 Å². The Morgan fingerprint density at radius 3 is 2.48 bits per heavy atom. The Balaban J connectivity index is 1.60. The number of imidazole rings is 1. The van der Waals surface area contributed by atoms with Gasteiger partial charge in [-0.3, -0.25) is 9.59 Å². The number of rotatable bonds is 7. The molecule has 3 aromatic rings. The van der Waals surface area contributed by atoms with Crippen LogP contribution in [0.4, 0.5) is 0 Å². The van der Waals surface area contributed by atoms with E-state index in [9.17, 15) is 9.59 Å². The molecule has 0 bridgehead atoms. The van der Waals surface area contributed by atoms with Crippen LogP contribution in [-0.4, -0.2) is 28.3 Å². The van der Waals surface area contributed by atoms with Gasteiger partial charge in [0.1, 0.15) is 5.82 Å². The Morgan fingerprint density at radius 1 is 1.07 bits per heavy atom. The molecule has 0 fully saturated rings. The van der Waals surface area contributed by atoms with Gasteiger partial charge in [0.15, 0.2) is 0 Å². The molecule has 27 heavy (non-hydrogen) atoms. The lowest BCUT2D eigenvalue weighted by molar-refractivity contribution is -0.120. The van der Waals surface area contributed by atoms with Gasteiger partial charge < -0.3 is 15.6 Å². The quantitative estimate of drug-likeness (QED) is 0.604. The highest BCUT2D eigenvalue weighted by molar-refractivity contribution is 5.96. The molecule has 0 spiro atoms. The second kappa shape index (κ2) is 8.80. The molecule has 0 aliphatic heterocycles. The molecule has 2 aromatic carbocycles. The summed E-state index contributed by atoms with van der Waals surface area (Å²) in [6, 6.07) is 16.7. The van der Waals surface area contributed by atoms with E-state index in [0.717, 1.165) is 17.0 Å². The first-order valence-electron chi connectivity index (χ1n) is 8.79. The Kier molecular flexibility index (Phi) is 5.99. The molecule has 1 aromatic heterocycles. The highest BCUT2D eigenvalue weighted by atomic mass is 16.2. The van der Waals surface area contributed by atoms with Crippen molar-refractivity contribution in [3.63, 3.8) is 0 Å². The summed E-state index contributed by atoms with van der Waals surface area (Å²) in [6.45, 7) is 1.87. The standard InChI is InChI=1S/C21H22N4O2/c1-15-7-9-17(10-8-15)21(27)24-14-20(26)25-18(13-19-22-11-12-23-19)16-5-3-2-4-6-16/h2-12,18H,13-14H2,1H3,(H,22,23)(H,24,27)(H,25,26)/t18-/m0/s1. The van der Waals surface area contributed by atoms with Gasteiger partial charge in [-0.15, -0.1) is 0 Å². The fourth-order valence-corrected chi connectivity index (χ4v) is 2.75. The van der Waals surface area contributed by atoms with Crippen molar-refractivity contribution >= 4 is 11.8 Å². The second-order valence-corrected chi connectivity index (χ2v) is 6.32. The van der Waals surface area contributed by atoms with Crippen molar-refractivity contribution in [2.75, 3.05) is 6.54 Å². The maximum Gasteiger partial charge on any atom is 0.251 e. The average Bonchev–Trinajstić information content (AvgIpc) is 3.20. The number of benzene rings is 2. The summed E-state index contributed by atoms with van der Waals surface area (Å²) in [5.74, 6) is 0.260. The number of aromatic amines is 1. The lowest BCUT2D eigenvalue weighted by Gasteiger charge is -2.18. The first-order valence-corrected chi connectivity index (χ1v) is 8.79. The molecule has 6 nitrogen and oxygen atoms in total. The summed E-state index contributed by atoms with van der Waals surface area (Å²) >= 11 is 0. The minimum absolute atomic E-state index is 0.0891. The molecule has 0 aliphatic carbocycles. The van der Waals surface area contributed by atoms with Crippen molar-refractivity contribution in [3.8, 4) is 0 Å². The molecule has 1 heterocycles. The summed E-state index contributed by atoms with van der Waals surface area (Å²) in [5.41, 5.74) is 2.59. The zero-order valence-electron chi connectivity index (χ0n) is 15.1. The highest BCUT2D eigenvalue weighted by Gasteiger charge is 2.17.